The van der Waals surface area contributed by atoms with Crippen LogP contribution in [0.5, 0.6) is 0 Å². The largest absolute Gasteiger partial charge is 0.0619 e. The second-order valence-electron chi connectivity index (χ2n) is 12.9. The third-order valence-corrected chi connectivity index (χ3v) is 9.57. The molecule has 0 fully saturated rings. The highest BCUT2D eigenvalue weighted by Crippen LogP contribution is 2.51. The van der Waals surface area contributed by atoms with E-state index in [1.54, 1.807) is 0 Å². The monoisotopic (exact) mass is 504 g/mol. The maximum absolute atomic E-state index is 2.45. The predicted octanol–water partition coefficient (Wildman–Crippen LogP) is 10.6. The first-order valence-electron chi connectivity index (χ1n) is 14.2. The van der Waals surface area contributed by atoms with Gasteiger partial charge >= 0.3 is 0 Å². The van der Waals surface area contributed by atoms with E-state index in [4.69, 9.17) is 0 Å². The quantitative estimate of drug-likeness (QED) is 0.224. The smallest absolute Gasteiger partial charge is 0.0159 e. The van der Waals surface area contributed by atoms with Gasteiger partial charge in [0.25, 0.3) is 0 Å². The minimum atomic E-state index is 0.00322. The Morgan fingerprint density at radius 1 is 0.410 bits per heavy atom. The molecule has 0 nitrogen and oxygen atoms in total. The van der Waals surface area contributed by atoms with Crippen LogP contribution in [0.3, 0.4) is 0 Å². The summed E-state index contributed by atoms with van der Waals surface area (Å²) < 4.78 is 0. The van der Waals surface area contributed by atoms with Gasteiger partial charge in [0.15, 0.2) is 0 Å². The summed E-state index contributed by atoms with van der Waals surface area (Å²) in [5.74, 6) is 0. The highest BCUT2D eigenvalue weighted by atomic mass is 14.4. The van der Waals surface area contributed by atoms with E-state index < -0.39 is 0 Å². The van der Waals surface area contributed by atoms with Crippen molar-refractivity contribution in [1.29, 1.82) is 0 Å². The molecule has 5 aromatic carbocycles. The van der Waals surface area contributed by atoms with Gasteiger partial charge in [-0.2, -0.15) is 0 Å². The average molecular weight is 505 g/mol. The van der Waals surface area contributed by atoms with E-state index in [0.29, 0.717) is 0 Å². The summed E-state index contributed by atoms with van der Waals surface area (Å²) in [5, 5.41) is 0. The fourth-order valence-electron chi connectivity index (χ4n) is 7.48. The first kappa shape index (κ1) is 24.2. The van der Waals surface area contributed by atoms with E-state index in [-0.39, 0.29) is 10.8 Å². The minimum Gasteiger partial charge on any atom is -0.0619 e. The van der Waals surface area contributed by atoms with Crippen LogP contribution in [-0.2, 0) is 10.8 Å². The van der Waals surface area contributed by atoms with Crippen molar-refractivity contribution >= 4 is 0 Å². The summed E-state index contributed by atoms with van der Waals surface area (Å²) in [7, 11) is 0. The average Bonchev–Trinajstić information content (AvgIpc) is 3.27. The molecular formula is C39H36. The van der Waals surface area contributed by atoms with E-state index >= 15 is 0 Å². The Labute approximate surface area is 233 Å². The Hall–Kier alpha value is -3.90. The Balaban J connectivity index is 1.30. The maximum atomic E-state index is 2.45. The van der Waals surface area contributed by atoms with Crippen LogP contribution in [-0.4, -0.2) is 0 Å². The van der Waals surface area contributed by atoms with Gasteiger partial charge in [-0.3, -0.25) is 0 Å². The van der Waals surface area contributed by atoms with E-state index in [0.717, 1.165) is 0 Å². The summed E-state index contributed by atoms with van der Waals surface area (Å²) in [6, 6.07) is 34.8. The van der Waals surface area contributed by atoms with Crippen molar-refractivity contribution in [1.82, 2.24) is 0 Å². The summed E-state index contributed by atoms with van der Waals surface area (Å²) in [4.78, 5) is 0. The van der Waals surface area contributed by atoms with E-state index in [9.17, 15) is 0 Å². The molecule has 0 aromatic heterocycles. The first-order chi connectivity index (χ1) is 18.6. The van der Waals surface area contributed by atoms with E-state index in [1.807, 2.05) is 0 Å². The fraction of sp³-hybridized carbons (Fsp3) is 0.231. The molecule has 0 unspecified atom stereocenters. The van der Waals surface area contributed by atoms with Crippen LogP contribution < -0.4 is 0 Å². The van der Waals surface area contributed by atoms with Crippen molar-refractivity contribution in [2.75, 3.05) is 0 Å². The van der Waals surface area contributed by atoms with Crippen molar-refractivity contribution in [3.63, 3.8) is 0 Å². The number of benzene rings is 5. The van der Waals surface area contributed by atoms with Gasteiger partial charge in [-0.05, 0) is 111 Å². The lowest BCUT2D eigenvalue weighted by Gasteiger charge is -2.23. The van der Waals surface area contributed by atoms with Gasteiger partial charge in [-0.1, -0.05) is 112 Å². The molecule has 192 valence electrons. The second-order valence-corrected chi connectivity index (χ2v) is 12.9. The van der Waals surface area contributed by atoms with Gasteiger partial charge in [-0.25, -0.2) is 0 Å². The molecule has 0 heteroatoms. The van der Waals surface area contributed by atoms with Gasteiger partial charge in [0, 0.05) is 10.8 Å². The summed E-state index contributed by atoms with van der Waals surface area (Å²) in [6.45, 7) is 16.2. The molecule has 0 saturated carbocycles. The van der Waals surface area contributed by atoms with Crippen LogP contribution in [0.25, 0.3) is 44.5 Å². The Morgan fingerprint density at radius 2 is 0.897 bits per heavy atom. The number of hydrogen-bond acceptors (Lipinski definition) is 0. The third kappa shape index (κ3) is 3.37. The van der Waals surface area contributed by atoms with Crippen molar-refractivity contribution < 1.29 is 0 Å². The third-order valence-electron chi connectivity index (χ3n) is 9.57. The van der Waals surface area contributed by atoms with Gasteiger partial charge in [0.2, 0.25) is 0 Å². The van der Waals surface area contributed by atoms with Crippen molar-refractivity contribution in [2.45, 2.75) is 59.3 Å². The molecule has 0 N–H and O–H groups in total. The van der Waals surface area contributed by atoms with Crippen molar-refractivity contribution in [3.8, 4) is 44.5 Å². The molecule has 0 radical (unpaired) electrons. The molecule has 39 heavy (non-hydrogen) atoms. The Bertz CT molecular complexity index is 1800. The first-order valence-corrected chi connectivity index (χ1v) is 14.2. The van der Waals surface area contributed by atoms with Gasteiger partial charge in [0.05, 0.1) is 0 Å². The zero-order valence-corrected chi connectivity index (χ0v) is 24.2. The number of hydrogen-bond donors (Lipinski definition) is 0. The highest BCUT2D eigenvalue weighted by molar-refractivity contribution is 5.87. The van der Waals surface area contributed by atoms with Crippen LogP contribution in [0.2, 0.25) is 0 Å². The molecular weight excluding hydrogens is 468 g/mol. The molecule has 0 spiro atoms. The van der Waals surface area contributed by atoms with Crippen LogP contribution >= 0.6 is 0 Å². The number of aryl methyl sites for hydroxylation is 3. The molecule has 0 amide bonds. The molecule has 5 aromatic rings. The molecule has 2 aliphatic rings. The fourth-order valence-corrected chi connectivity index (χ4v) is 7.48. The summed E-state index contributed by atoms with van der Waals surface area (Å²) in [6.07, 6.45) is 0. The lowest BCUT2D eigenvalue weighted by molar-refractivity contribution is 0.660. The minimum absolute atomic E-state index is 0.00322. The standard InChI is InChI=1S/C39H36/c1-23-12-15-30-32-17-14-27(22-36(32)39(6,7)34(30)18-23)37-24(2)19-28(20-25(37)3)26-13-16-31-29-10-8-9-11-33(29)38(4,5)35(31)21-26/h8-22H,1-7H3. The van der Waals surface area contributed by atoms with E-state index in [1.165, 1.54) is 83.5 Å². The SMILES string of the molecule is Cc1ccc2c(c1)C(C)(C)c1cc(-c3c(C)cc(-c4ccc5c(c4)C(C)(C)c4ccccc4-5)cc3C)ccc1-2. The highest BCUT2D eigenvalue weighted by Gasteiger charge is 2.36. The molecule has 0 bridgehead atoms. The van der Waals surface area contributed by atoms with Crippen LogP contribution in [0, 0.1) is 20.8 Å². The number of rotatable bonds is 2. The topological polar surface area (TPSA) is 0 Å². The zero-order chi connectivity index (χ0) is 27.3. The molecule has 0 aliphatic heterocycles. The van der Waals surface area contributed by atoms with Crippen molar-refractivity contribution in [2.24, 2.45) is 0 Å². The summed E-state index contributed by atoms with van der Waals surface area (Å²) in [5.41, 5.74) is 20.5. The van der Waals surface area contributed by atoms with Gasteiger partial charge in [0.1, 0.15) is 0 Å². The predicted molar refractivity (Wildman–Crippen MR) is 167 cm³/mol. The maximum Gasteiger partial charge on any atom is 0.0159 e. The van der Waals surface area contributed by atoms with Crippen molar-refractivity contribution in [3.05, 3.63) is 130 Å². The summed E-state index contributed by atoms with van der Waals surface area (Å²) >= 11 is 0. The Morgan fingerprint density at radius 3 is 1.56 bits per heavy atom. The number of fused-ring (bicyclic) bond motifs is 6. The molecule has 0 saturated heterocycles. The normalized spacial score (nSPS) is 15.5. The van der Waals surface area contributed by atoms with Gasteiger partial charge < -0.3 is 0 Å². The van der Waals surface area contributed by atoms with Crippen LogP contribution in [0.4, 0.5) is 0 Å². The second kappa shape index (κ2) is 8.06. The molecule has 0 atom stereocenters. The van der Waals surface area contributed by atoms with Crippen LogP contribution in [0.15, 0.2) is 91.0 Å². The van der Waals surface area contributed by atoms with Crippen LogP contribution in [0.1, 0.15) is 66.6 Å². The van der Waals surface area contributed by atoms with Gasteiger partial charge in [-0.15, -0.1) is 0 Å². The lowest BCUT2D eigenvalue weighted by atomic mass is 9.80. The van der Waals surface area contributed by atoms with E-state index in [2.05, 4.69) is 139 Å². The lowest BCUT2D eigenvalue weighted by Crippen LogP contribution is -2.15. The zero-order valence-electron chi connectivity index (χ0n) is 24.2. The molecule has 7 rings (SSSR count). The molecule has 0 heterocycles. The Kier molecular flexibility index (Phi) is 4.99. The molecule has 2 aliphatic carbocycles.